The Morgan fingerprint density at radius 3 is 2.51 bits per heavy atom. The topological polar surface area (TPSA) is 84.0 Å². The highest BCUT2D eigenvalue weighted by molar-refractivity contribution is 7.99. The van der Waals surface area contributed by atoms with Gasteiger partial charge in [-0.25, -0.2) is 4.39 Å². The van der Waals surface area contributed by atoms with Crippen molar-refractivity contribution < 1.29 is 13.9 Å². The average molecular weight is 494 g/mol. The zero-order chi connectivity index (χ0) is 24.6. The molecule has 1 heterocycles. The number of carbonyl (C=O) groups excluding carboxylic acids is 1. The lowest BCUT2D eigenvalue weighted by Gasteiger charge is -2.26. The molecule has 0 spiro atoms. The molecule has 182 valence electrons. The number of ether oxygens (including phenoxy) is 1. The van der Waals surface area contributed by atoms with Crippen LogP contribution < -0.4 is 9.64 Å². The van der Waals surface area contributed by atoms with E-state index in [1.807, 2.05) is 24.3 Å². The third-order valence-corrected chi connectivity index (χ3v) is 7.09. The van der Waals surface area contributed by atoms with E-state index in [4.69, 9.17) is 10.00 Å². The number of anilines is 1. The molecule has 3 aromatic rings. The number of nitrogens with zero attached hydrogens (tertiary/aromatic N) is 5. The molecule has 1 saturated carbocycles. The number of carbonyl (C=O) groups is 1. The van der Waals surface area contributed by atoms with Crippen LogP contribution >= 0.6 is 11.8 Å². The quantitative estimate of drug-likeness (QED) is 0.359. The predicted octanol–water partition coefficient (Wildman–Crippen LogP) is 5.64. The molecule has 4 rings (SSSR count). The van der Waals surface area contributed by atoms with Crippen molar-refractivity contribution in [1.29, 1.82) is 5.26 Å². The third kappa shape index (κ3) is 6.01. The molecule has 2 aromatic carbocycles. The van der Waals surface area contributed by atoms with Gasteiger partial charge in [0.05, 0.1) is 25.4 Å². The Hall–Kier alpha value is -3.38. The van der Waals surface area contributed by atoms with Gasteiger partial charge in [-0.3, -0.25) is 9.36 Å². The highest BCUT2D eigenvalue weighted by Crippen LogP contribution is 2.36. The lowest BCUT2D eigenvalue weighted by Crippen LogP contribution is -2.33. The molecule has 0 radical (unpaired) electrons. The fraction of sp³-hybridized carbons (Fsp3) is 0.385. The molecule has 1 amide bonds. The Morgan fingerprint density at radius 1 is 1.14 bits per heavy atom. The van der Waals surface area contributed by atoms with Gasteiger partial charge in [0, 0.05) is 23.8 Å². The summed E-state index contributed by atoms with van der Waals surface area (Å²) in [7, 11) is 1.64. The van der Waals surface area contributed by atoms with Crippen LogP contribution in [0.2, 0.25) is 0 Å². The van der Waals surface area contributed by atoms with E-state index in [0.29, 0.717) is 10.8 Å². The second-order valence-electron chi connectivity index (χ2n) is 8.42. The summed E-state index contributed by atoms with van der Waals surface area (Å²) >= 11 is 1.35. The molecule has 1 aromatic heterocycles. The van der Waals surface area contributed by atoms with Crippen LogP contribution in [0.1, 0.15) is 44.6 Å². The number of halogens is 1. The average Bonchev–Trinajstić information content (AvgIpc) is 3.33. The zero-order valence-corrected chi connectivity index (χ0v) is 20.5. The van der Waals surface area contributed by atoms with E-state index in [1.165, 1.54) is 35.2 Å². The minimum Gasteiger partial charge on any atom is -0.497 e. The van der Waals surface area contributed by atoms with Crippen LogP contribution in [-0.4, -0.2) is 40.1 Å². The van der Waals surface area contributed by atoms with Gasteiger partial charge in [-0.1, -0.05) is 31.0 Å². The fourth-order valence-corrected chi connectivity index (χ4v) is 5.25. The first-order valence-electron chi connectivity index (χ1n) is 11.8. The minimum absolute atomic E-state index is 0.135. The van der Waals surface area contributed by atoms with Crippen LogP contribution in [0.15, 0.2) is 53.7 Å². The SMILES string of the molecule is COc1ccc(-c2nnc(SCC(=O)N(CCC#N)c3ccc(F)cc3)n2C2CCCCC2)cc1. The van der Waals surface area contributed by atoms with E-state index in [0.717, 1.165) is 42.8 Å². The van der Waals surface area contributed by atoms with E-state index in [2.05, 4.69) is 20.8 Å². The van der Waals surface area contributed by atoms with E-state index in [9.17, 15) is 9.18 Å². The number of thioether (sulfide) groups is 1. The van der Waals surface area contributed by atoms with Crippen LogP contribution in [0.5, 0.6) is 5.75 Å². The Balaban J connectivity index is 1.57. The van der Waals surface area contributed by atoms with Crippen molar-refractivity contribution in [2.45, 2.75) is 49.7 Å². The fourth-order valence-electron chi connectivity index (χ4n) is 4.37. The number of aromatic nitrogens is 3. The Kier molecular flexibility index (Phi) is 8.37. The monoisotopic (exact) mass is 493 g/mol. The molecule has 1 fully saturated rings. The molecule has 0 saturated heterocycles. The molecule has 0 bridgehead atoms. The largest absolute Gasteiger partial charge is 0.497 e. The van der Waals surface area contributed by atoms with Gasteiger partial charge < -0.3 is 9.64 Å². The molecule has 0 unspecified atom stereocenters. The number of hydrogen-bond donors (Lipinski definition) is 0. The second kappa shape index (κ2) is 11.8. The maximum absolute atomic E-state index is 13.4. The van der Waals surface area contributed by atoms with Gasteiger partial charge in [0.15, 0.2) is 11.0 Å². The van der Waals surface area contributed by atoms with Gasteiger partial charge in [-0.15, -0.1) is 10.2 Å². The zero-order valence-electron chi connectivity index (χ0n) is 19.7. The van der Waals surface area contributed by atoms with E-state index < -0.39 is 0 Å². The van der Waals surface area contributed by atoms with Crippen molar-refractivity contribution in [3.63, 3.8) is 0 Å². The number of rotatable bonds is 9. The van der Waals surface area contributed by atoms with Crippen LogP contribution in [-0.2, 0) is 4.79 Å². The van der Waals surface area contributed by atoms with Crippen LogP contribution in [0.25, 0.3) is 11.4 Å². The van der Waals surface area contributed by atoms with Crippen LogP contribution in [0.4, 0.5) is 10.1 Å². The van der Waals surface area contributed by atoms with Crippen molar-refractivity contribution in [3.05, 3.63) is 54.3 Å². The van der Waals surface area contributed by atoms with Crippen molar-refractivity contribution in [2.24, 2.45) is 0 Å². The maximum atomic E-state index is 13.4. The normalized spacial score (nSPS) is 13.9. The first-order valence-corrected chi connectivity index (χ1v) is 12.7. The first kappa shape index (κ1) is 24.7. The molecule has 0 aliphatic heterocycles. The summed E-state index contributed by atoms with van der Waals surface area (Å²) in [5.41, 5.74) is 1.52. The molecule has 9 heteroatoms. The van der Waals surface area contributed by atoms with Crippen molar-refractivity contribution in [3.8, 4) is 23.2 Å². The molecule has 0 atom stereocenters. The summed E-state index contributed by atoms with van der Waals surface area (Å²) < 4.78 is 20.9. The second-order valence-corrected chi connectivity index (χ2v) is 9.36. The number of methoxy groups -OCH3 is 1. The van der Waals surface area contributed by atoms with E-state index >= 15 is 0 Å². The summed E-state index contributed by atoms with van der Waals surface area (Å²) in [6, 6.07) is 15.9. The van der Waals surface area contributed by atoms with Crippen molar-refractivity contribution in [1.82, 2.24) is 14.8 Å². The van der Waals surface area contributed by atoms with Gasteiger partial charge in [-0.05, 0) is 61.4 Å². The lowest BCUT2D eigenvalue weighted by atomic mass is 9.95. The van der Waals surface area contributed by atoms with Gasteiger partial charge in [0.25, 0.3) is 0 Å². The standard InChI is InChI=1S/C26H28FN5O2S/c1-34-23-14-8-19(9-15-23)25-29-30-26(32(25)22-6-3-2-4-7-22)35-18-24(33)31(17-5-16-28)21-12-10-20(27)11-13-21/h8-15,22H,2-7,17-18H2,1H3. The summed E-state index contributed by atoms with van der Waals surface area (Å²) in [6.45, 7) is 0.244. The third-order valence-electron chi connectivity index (χ3n) is 6.16. The predicted molar refractivity (Wildman–Crippen MR) is 134 cm³/mol. The summed E-state index contributed by atoms with van der Waals surface area (Å²) in [5.74, 6) is 1.16. The van der Waals surface area contributed by atoms with Crippen LogP contribution in [0.3, 0.4) is 0 Å². The smallest absolute Gasteiger partial charge is 0.237 e. The number of benzene rings is 2. The summed E-state index contributed by atoms with van der Waals surface area (Å²) in [4.78, 5) is 14.7. The number of amides is 1. The Morgan fingerprint density at radius 2 is 1.86 bits per heavy atom. The first-order chi connectivity index (χ1) is 17.1. The summed E-state index contributed by atoms with van der Waals surface area (Å²) in [5, 5.41) is 18.7. The molecular weight excluding hydrogens is 465 g/mol. The number of hydrogen-bond acceptors (Lipinski definition) is 6. The lowest BCUT2D eigenvalue weighted by molar-refractivity contribution is -0.116. The van der Waals surface area contributed by atoms with Gasteiger partial charge in [-0.2, -0.15) is 5.26 Å². The Bertz CT molecular complexity index is 1170. The summed E-state index contributed by atoms with van der Waals surface area (Å²) in [6.07, 6.45) is 5.82. The van der Waals surface area contributed by atoms with E-state index in [1.54, 1.807) is 19.2 Å². The molecule has 0 N–H and O–H groups in total. The molecule has 7 nitrogen and oxygen atoms in total. The molecular formula is C26H28FN5O2S. The van der Waals surface area contributed by atoms with Crippen LogP contribution in [0, 0.1) is 17.1 Å². The van der Waals surface area contributed by atoms with Gasteiger partial charge >= 0.3 is 0 Å². The molecule has 35 heavy (non-hydrogen) atoms. The molecule has 1 aliphatic rings. The molecule has 1 aliphatic carbocycles. The van der Waals surface area contributed by atoms with Gasteiger partial charge in [0.1, 0.15) is 11.6 Å². The Labute approximate surface area is 208 Å². The maximum Gasteiger partial charge on any atom is 0.237 e. The highest BCUT2D eigenvalue weighted by atomic mass is 32.2. The van der Waals surface area contributed by atoms with E-state index in [-0.39, 0.29) is 36.5 Å². The van der Waals surface area contributed by atoms with Crippen molar-refractivity contribution >= 4 is 23.4 Å². The van der Waals surface area contributed by atoms with Crippen molar-refractivity contribution in [2.75, 3.05) is 24.3 Å². The van der Waals surface area contributed by atoms with Gasteiger partial charge in [0.2, 0.25) is 5.91 Å². The number of nitriles is 1. The highest BCUT2D eigenvalue weighted by Gasteiger charge is 2.25. The minimum atomic E-state index is -0.373.